The zero-order chi connectivity index (χ0) is 14.5. The molecule has 4 heteroatoms. The number of hydrogen-bond acceptors (Lipinski definition) is 4. The normalized spacial score (nSPS) is 11.1. The van der Waals surface area contributed by atoms with Crippen molar-refractivity contribution >= 4 is 16.7 Å². The Kier molecular flexibility index (Phi) is 4.79. The van der Waals surface area contributed by atoms with Crippen LogP contribution in [0, 0.1) is 0 Å². The first-order chi connectivity index (χ1) is 9.63. The third-order valence-electron chi connectivity index (χ3n) is 3.02. The van der Waals surface area contributed by atoms with Crippen molar-refractivity contribution in [3.63, 3.8) is 0 Å². The second-order valence-corrected chi connectivity index (χ2v) is 4.94. The van der Waals surface area contributed by atoms with Crippen molar-refractivity contribution in [2.75, 3.05) is 19.0 Å². The summed E-state index contributed by atoms with van der Waals surface area (Å²) in [5, 5.41) is 4.39. The molecule has 0 radical (unpaired) electrons. The van der Waals surface area contributed by atoms with Gasteiger partial charge in [0.05, 0.1) is 25.3 Å². The van der Waals surface area contributed by atoms with Gasteiger partial charge in [0.1, 0.15) is 11.6 Å². The van der Waals surface area contributed by atoms with Crippen molar-refractivity contribution in [3.05, 3.63) is 29.8 Å². The molecule has 4 nitrogen and oxygen atoms in total. The van der Waals surface area contributed by atoms with E-state index in [4.69, 9.17) is 9.47 Å². The number of hydrogen-bond donors (Lipinski definition) is 1. The van der Waals surface area contributed by atoms with E-state index in [1.807, 2.05) is 32.0 Å². The first-order valence-electron chi connectivity index (χ1n) is 6.97. The van der Waals surface area contributed by atoms with E-state index in [0.29, 0.717) is 6.61 Å². The largest absolute Gasteiger partial charge is 0.497 e. The molecule has 0 aliphatic rings. The van der Waals surface area contributed by atoms with Crippen LogP contribution in [0.1, 0.15) is 26.3 Å². The molecular weight excluding hydrogens is 252 g/mol. The zero-order valence-corrected chi connectivity index (χ0v) is 12.6. The molecule has 0 aliphatic heterocycles. The minimum absolute atomic E-state index is 0.205. The lowest BCUT2D eigenvalue weighted by Crippen LogP contribution is -2.08. The molecule has 108 valence electrons. The highest BCUT2D eigenvalue weighted by molar-refractivity contribution is 5.83. The van der Waals surface area contributed by atoms with Crippen molar-refractivity contribution in [2.24, 2.45) is 0 Å². The van der Waals surface area contributed by atoms with E-state index in [2.05, 4.69) is 23.3 Å². The van der Waals surface area contributed by atoms with Gasteiger partial charge >= 0.3 is 0 Å². The lowest BCUT2D eigenvalue weighted by molar-refractivity contribution is 0.0660. The number of ether oxygens (including phenoxy) is 2. The van der Waals surface area contributed by atoms with Crippen LogP contribution < -0.4 is 10.1 Å². The highest BCUT2D eigenvalue weighted by atomic mass is 16.5. The van der Waals surface area contributed by atoms with Gasteiger partial charge in [-0.1, -0.05) is 0 Å². The van der Waals surface area contributed by atoms with Gasteiger partial charge in [-0.2, -0.15) is 0 Å². The van der Waals surface area contributed by atoms with Crippen molar-refractivity contribution in [3.8, 4) is 5.75 Å². The monoisotopic (exact) mass is 274 g/mol. The maximum atomic E-state index is 5.70. The van der Waals surface area contributed by atoms with Gasteiger partial charge in [-0.15, -0.1) is 0 Å². The number of pyridine rings is 1. The molecule has 0 aliphatic carbocycles. The van der Waals surface area contributed by atoms with Crippen LogP contribution in [0.3, 0.4) is 0 Å². The summed E-state index contributed by atoms with van der Waals surface area (Å²) in [6, 6.07) is 8.05. The van der Waals surface area contributed by atoms with E-state index in [1.165, 1.54) is 0 Å². The molecule has 20 heavy (non-hydrogen) atoms. The fraction of sp³-hybridized carbons (Fsp3) is 0.438. The van der Waals surface area contributed by atoms with Crippen LogP contribution in [0.4, 0.5) is 5.82 Å². The quantitative estimate of drug-likeness (QED) is 0.874. The van der Waals surface area contributed by atoms with Crippen LogP contribution in [0.5, 0.6) is 5.75 Å². The number of benzene rings is 1. The standard InChI is InChI=1S/C16H22N2O2/c1-5-17-16-13(10-20-11(2)3)8-12-6-7-14(19-4)9-15(12)18-16/h6-9,11H,5,10H2,1-4H3,(H,17,18). The maximum absolute atomic E-state index is 5.70. The molecule has 2 rings (SSSR count). The van der Waals surface area contributed by atoms with Gasteiger partial charge in [-0.25, -0.2) is 4.98 Å². The number of nitrogens with one attached hydrogen (secondary N) is 1. The van der Waals surface area contributed by atoms with E-state index < -0.39 is 0 Å². The SMILES string of the molecule is CCNc1nc2cc(OC)ccc2cc1COC(C)C. The molecule has 1 heterocycles. The number of nitrogens with zero attached hydrogens (tertiary/aromatic N) is 1. The second kappa shape index (κ2) is 6.57. The summed E-state index contributed by atoms with van der Waals surface area (Å²) >= 11 is 0. The highest BCUT2D eigenvalue weighted by Crippen LogP contribution is 2.25. The minimum atomic E-state index is 0.205. The fourth-order valence-electron chi connectivity index (χ4n) is 2.00. The molecule has 2 aromatic rings. The molecule has 0 fully saturated rings. The van der Waals surface area contributed by atoms with Crippen LogP contribution in [-0.2, 0) is 11.3 Å². The molecule has 0 bridgehead atoms. The van der Waals surface area contributed by atoms with E-state index in [9.17, 15) is 0 Å². The van der Waals surface area contributed by atoms with Crippen LogP contribution in [0.15, 0.2) is 24.3 Å². The smallest absolute Gasteiger partial charge is 0.132 e. The van der Waals surface area contributed by atoms with Crippen molar-refractivity contribution in [1.82, 2.24) is 4.98 Å². The molecule has 0 amide bonds. The number of methoxy groups -OCH3 is 1. The van der Waals surface area contributed by atoms with Gasteiger partial charge in [0, 0.05) is 23.6 Å². The Bertz CT molecular complexity index is 582. The predicted octanol–water partition coefficient (Wildman–Crippen LogP) is 3.60. The van der Waals surface area contributed by atoms with Crippen molar-refractivity contribution in [1.29, 1.82) is 0 Å². The molecular formula is C16H22N2O2. The summed E-state index contributed by atoms with van der Waals surface area (Å²) in [6.07, 6.45) is 0.205. The van der Waals surface area contributed by atoms with E-state index in [0.717, 1.165) is 34.6 Å². The lowest BCUT2D eigenvalue weighted by Gasteiger charge is -2.14. The Balaban J connectivity index is 2.41. The summed E-state index contributed by atoms with van der Waals surface area (Å²) in [6.45, 7) is 7.52. The Morgan fingerprint density at radius 3 is 2.70 bits per heavy atom. The van der Waals surface area contributed by atoms with Crippen LogP contribution in [0.25, 0.3) is 10.9 Å². The average Bonchev–Trinajstić information content (AvgIpc) is 2.44. The Hall–Kier alpha value is -1.81. The summed E-state index contributed by atoms with van der Waals surface area (Å²) in [4.78, 5) is 4.68. The summed E-state index contributed by atoms with van der Waals surface area (Å²) in [5.41, 5.74) is 2.01. The minimum Gasteiger partial charge on any atom is -0.497 e. The Labute approximate surface area is 120 Å². The number of rotatable bonds is 6. The first kappa shape index (κ1) is 14.6. The van der Waals surface area contributed by atoms with Gasteiger partial charge in [0.2, 0.25) is 0 Å². The lowest BCUT2D eigenvalue weighted by atomic mass is 10.1. The zero-order valence-electron chi connectivity index (χ0n) is 12.6. The summed E-state index contributed by atoms with van der Waals surface area (Å²) < 4.78 is 11.0. The van der Waals surface area contributed by atoms with Crippen LogP contribution in [-0.4, -0.2) is 24.7 Å². The maximum Gasteiger partial charge on any atom is 0.132 e. The van der Waals surface area contributed by atoms with Crippen LogP contribution >= 0.6 is 0 Å². The number of fused-ring (bicyclic) bond motifs is 1. The van der Waals surface area contributed by atoms with Gasteiger partial charge in [0.25, 0.3) is 0 Å². The molecule has 0 unspecified atom stereocenters. The van der Waals surface area contributed by atoms with E-state index >= 15 is 0 Å². The fourth-order valence-corrected chi connectivity index (χ4v) is 2.00. The van der Waals surface area contributed by atoms with Crippen molar-refractivity contribution < 1.29 is 9.47 Å². The Morgan fingerprint density at radius 1 is 1.25 bits per heavy atom. The van der Waals surface area contributed by atoms with Gasteiger partial charge < -0.3 is 14.8 Å². The van der Waals surface area contributed by atoms with Crippen LogP contribution in [0.2, 0.25) is 0 Å². The van der Waals surface area contributed by atoms with Gasteiger partial charge in [-0.05, 0) is 39.0 Å². The number of anilines is 1. The molecule has 0 atom stereocenters. The van der Waals surface area contributed by atoms with E-state index in [-0.39, 0.29) is 6.10 Å². The molecule has 0 saturated carbocycles. The second-order valence-electron chi connectivity index (χ2n) is 4.94. The molecule has 1 aromatic heterocycles. The topological polar surface area (TPSA) is 43.4 Å². The van der Waals surface area contributed by atoms with E-state index in [1.54, 1.807) is 7.11 Å². The third-order valence-corrected chi connectivity index (χ3v) is 3.02. The van der Waals surface area contributed by atoms with Crippen molar-refractivity contribution in [2.45, 2.75) is 33.5 Å². The number of aromatic nitrogens is 1. The van der Waals surface area contributed by atoms with Gasteiger partial charge in [0.15, 0.2) is 0 Å². The summed E-state index contributed by atoms with van der Waals surface area (Å²) in [5.74, 6) is 1.70. The predicted molar refractivity (Wildman–Crippen MR) is 82.4 cm³/mol. The molecule has 1 aromatic carbocycles. The summed E-state index contributed by atoms with van der Waals surface area (Å²) in [7, 11) is 1.66. The molecule has 1 N–H and O–H groups in total. The molecule has 0 saturated heterocycles. The van der Waals surface area contributed by atoms with Gasteiger partial charge in [-0.3, -0.25) is 0 Å². The highest BCUT2D eigenvalue weighted by Gasteiger charge is 2.08. The first-order valence-corrected chi connectivity index (χ1v) is 6.97. The Morgan fingerprint density at radius 2 is 2.05 bits per heavy atom. The third kappa shape index (κ3) is 3.39. The average molecular weight is 274 g/mol. The molecule has 0 spiro atoms.